The molecule has 3 heterocycles. The average Bonchev–Trinajstić information content (AvgIpc) is 3.46. The zero-order valence-corrected chi connectivity index (χ0v) is 19.7. The first-order valence-electron chi connectivity index (χ1n) is 11.4. The van der Waals surface area contributed by atoms with E-state index in [9.17, 15) is 14.3 Å². The van der Waals surface area contributed by atoms with Crippen LogP contribution in [0.5, 0.6) is 0 Å². The lowest BCUT2D eigenvalue weighted by Crippen LogP contribution is -2.22. The first-order valence-corrected chi connectivity index (χ1v) is 12.3. The van der Waals surface area contributed by atoms with Crippen molar-refractivity contribution >= 4 is 38.8 Å². The molecule has 3 aromatic rings. The van der Waals surface area contributed by atoms with Crippen LogP contribution in [0.4, 0.5) is 15.8 Å². The Hall–Kier alpha value is -2.45. The number of rotatable bonds is 8. The van der Waals surface area contributed by atoms with E-state index in [1.807, 2.05) is 17.9 Å². The van der Waals surface area contributed by atoms with E-state index >= 15 is 0 Å². The number of fused-ring (bicyclic) bond motifs is 1. The van der Waals surface area contributed by atoms with Gasteiger partial charge in [0.05, 0.1) is 28.4 Å². The second-order valence-corrected chi connectivity index (χ2v) is 9.60. The SMILES string of the molecule is CCCCC(CC)n1nc(C)c2cc(C(=O)Nc3ccc(N4CC[C@@H](O)C4)c(F)c3)sc21. The van der Waals surface area contributed by atoms with Crippen LogP contribution in [-0.2, 0) is 0 Å². The zero-order valence-electron chi connectivity index (χ0n) is 18.9. The fourth-order valence-electron chi connectivity index (χ4n) is 4.36. The Kier molecular flexibility index (Phi) is 6.81. The highest BCUT2D eigenvalue weighted by Crippen LogP contribution is 2.33. The van der Waals surface area contributed by atoms with Crippen LogP contribution in [0, 0.1) is 12.7 Å². The number of benzene rings is 1. The molecule has 2 aromatic heterocycles. The van der Waals surface area contributed by atoms with Crippen molar-refractivity contribution in [3.63, 3.8) is 0 Å². The van der Waals surface area contributed by atoms with Gasteiger partial charge >= 0.3 is 0 Å². The van der Waals surface area contributed by atoms with E-state index in [-0.39, 0.29) is 5.91 Å². The maximum absolute atomic E-state index is 14.7. The molecule has 1 aliphatic heterocycles. The lowest BCUT2D eigenvalue weighted by atomic mass is 10.1. The summed E-state index contributed by atoms with van der Waals surface area (Å²) < 4.78 is 16.7. The number of anilines is 2. The van der Waals surface area contributed by atoms with Crippen LogP contribution in [0.15, 0.2) is 24.3 Å². The van der Waals surface area contributed by atoms with E-state index in [0.29, 0.717) is 41.8 Å². The maximum Gasteiger partial charge on any atom is 0.265 e. The number of aromatic nitrogens is 2. The molecule has 0 aliphatic carbocycles. The second-order valence-electron chi connectivity index (χ2n) is 8.57. The van der Waals surface area contributed by atoms with Crippen LogP contribution in [-0.4, -0.2) is 40.0 Å². The highest BCUT2D eigenvalue weighted by molar-refractivity contribution is 7.20. The Morgan fingerprint density at radius 3 is 2.84 bits per heavy atom. The Bertz CT molecular complexity index is 1110. The summed E-state index contributed by atoms with van der Waals surface area (Å²) >= 11 is 1.44. The summed E-state index contributed by atoms with van der Waals surface area (Å²) in [4.78, 5) is 16.4. The van der Waals surface area contributed by atoms with Gasteiger partial charge in [0.15, 0.2) is 0 Å². The number of aliphatic hydroxyl groups is 1. The van der Waals surface area contributed by atoms with Gasteiger partial charge in [-0.15, -0.1) is 11.3 Å². The minimum Gasteiger partial charge on any atom is -0.391 e. The average molecular weight is 459 g/mol. The molecule has 0 saturated carbocycles. The van der Waals surface area contributed by atoms with E-state index in [4.69, 9.17) is 5.10 Å². The molecule has 32 heavy (non-hydrogen) atoms. The number of nitrogens with one attached hydrogen (secondary N) is 1. The summed E-state index contributed by atoms with van der Waals surface area (Å²) in [5.41, 5.74) is 1.80. The molecular formula is C24H31FN4O2S. The summed E-state index contributed by atoms with van der Waals surface area (Å²) in [6.45, 7) is 7.39. The number of unbranched alkanes of at least 4 members (excludes halogenated alkanes) is 1. The Morgan fingerprint density at radius 1 is 1.38 bits per heavy atom. The summed E-state index contributed by atoms with van der Waals surface area (Å²) in [6, 6.07) is 6.92. The van der Waals surface area contributed by atoms with Crippen molar-refractivity contribution in [1.82, 2.24) is 9.78 Å². The predicted molar refractivity (Wildman–Crippen MR) is 128 cm³/mol. The van der Waals surface area contributed by atoms with Gasteiger partial charge in [0.1, 0.15) is 10.6 Å². The van der Waals surface area contributed by atoms with Crippen LogP contribution >= 0.6 is 11.3 Å². The van der Waals surface area contributed by atoms with Crippen LogP contribution in [0.3, 0.4) is 0 Å². The Labute approximate surface area is 192 Å². The molecule has 1 fully saturated rings. The van der Waals surface area contributed by atoms with Crippen molar-refractivity contribution in [2.24, 2.45) is 0 Å². The molecule has 0 spiro atoms. The van der Waals surface area contributed by atoms with Gasteiger partial charge < -0.3 is 15.3 Å². The molecule has 2 N–H and O–H groups in total. The van der Waals surface area contributed by atoms with Crippen LogP contribution in [0.25, 0.3) is 10.2 Å². The minimum absolute atomic E-state index is 0.248. The largest absolute Gasteiger partial charge is 0.391 e. The third-order valence-corrected chi connectivity index (χ3v) is 7.33. The standard InChI is InChI=1S/C24H31FN4O2S/c1-4-6-7-17(5-2)29-24-19(15(3)27-29)13-22(32-24)23(31)26-16-8-9-21(20(25)12-16)28-11-10-18(30)14-28/h8-9,12-13,17-18,30H,4-7,10-11,14H2,1-3H3,(H,26,31)/t17?,18-/m1/s1. The number of nitrogens with zero attached hydrogens (tertiary/aromatic N) is 3. The topological polar surface area (TPSA) is 70.4 Å². The number of hydrogen-bond acceptors (Lipinski definition) is 5. The molecular weight excluding hydrogens is 427 g/mol. The van der Waals surface area contributed by atoms with Crippen LogP contribution in [0.1, 0.15) is 67.4 Å². The monoisotopic (exact) mass is 458 g/mol. The highest BCUT2D eigenvalue weighted by atomic mass is 32.1. The first kappa shape index (κ1) is 22.7. The summed E-state index contributed by atoms with van der Waals surface area (Å²) in [7, 11) is 0. The molecule has 0 bridgehead atoms. The van der Waals surface area contributed by atoms with Gasteiger partial charge in [-0.1, -0.05) is 26.7 Å². The number of carbonyl (C=O) groups is 1. The third kappa shape index (κ3) is 4.52. The summed E-state index contributed by atoms with van der Waals surface area (Å²) in [5.74, 6) is -0.649. The normalized spacial score (nSPS) is 17.3. The number of aliphatic hydroxyl groups excluding tert-OH is 1. The Balaban J connectivity index is 1.53. The lowest BCUT2D eigenvalue weighted by molar-refractivity contribution is 0.103. The molecule has 2 atom stereocenters. The molecule has 0 radical (unpaired) electrons. The summed E-state index contributed by atoms with van der Waals surface area (Å²) in [5, 5.41) is 18.3. The number of hydrogen-bond donors (Lipinski definition) is 2. The van der Waals surface area contributed by atoms with Gasteiger partial charge in [0.25, 0.3) is 5.91 Å². The molecule has 8 heteroatoms. The summed E-state index contributed by atoms with van der Waals surface area (Å²) in [6.07, 6.45) is 4.58. The number of thiophene rings is 1. The van der Waals surface area contributed by atoms with Gasteiger partial charge in [-0.25, -0.2) is 4.39 Å². The van der Waals surface area contributed by atoms with Crippen molar-refractivity contribution in [1.29, 1.82) is 0 Å². The quantitative estimate of drug-likeness (QED) is 0.467. The van der Waals surface area contributed by atoms with Crippen molar-refractivity contribution < 1.29 is 14.3 Å². The van der Waals surface area contributed by atoms with E-state index in [2.05, 4.69) is 23.8 Å². The highest BCUT2D eigenvalue weighted by Gasteiger charge is 2.23. The molecule has 4 rings (SSSR count). The van der Waals surface area contributed by atoms with Gasteiger partial charge in [0.2, 0.25) is 0 Å². The molecule has 172 valence electrons. The smallest absolute Gasteiger partial charge is 0.265 e. The van der Waals surface area contributed by atoms with Gasteiger partial charge in [-0.2, -0.15) is 5.10 Å². The Morgan fingerprint density at radius 2 is 2.19 bits per heavy atom. The maximum atomic E-state index is 14.7. The van der Waals surface area contributed by atoms with E-state index in [0.717, 1.165) is 41.6 Å². The van der Waals surface area contributed by atoms with Crippen LogP contribution in [0.2, 0.25) is 0 Å². The molecule has 6 nitrogen and oxygen atoms in total. The second kappa shape index (κ2) is 9.58. The molecule has 1 amide bonds. The number of halogens is 1. The third-order valence-electron chi connectivity index (χ3n) is 6.21. The van der Waals surface area contributed by atoms with E-state index in [1.54, 1.807) is 12.1 Å². The molecule has 1 saturated heterocycles. The van der Waals surface area contributed by atoms with Gasteiger partial charge in [-0.05, 0) is 50.5 Å². The number of carbonyl (C=O) groups excluding carboxylic acids is 1. The number of aryl methyl sites for hydroxylation is 1. The fraction of sp³-hybridized carbons (Fsp3) is 0.500. The minimum atomic E-state index is -0.421. The van der Waals surface area contributed by atoms with Crippen molar-refractivity contribution in [2.45, 2.75) is 65.0 Å². The van der Waals surface area contributed by atoms with Gasteiger partial charge in [0, 0.05) is 24.2 Å². The van der Waals surface area contributed by atoms with Crippen molar-refractivity contribution in [3.05, 3.63) is 40.7 Å². The zero-order chi connectivity index (χ0) is 22.8. The van der Waals surface area contributed by atoms with Crippen molar-refractivity contribution in [2.75, 3.05) is 23.3 Å². The predicted octanol–water partition coefficient (Wildman–Crippen LogP) is 5.51. The van der Waals surface area contributed by atoms with Crippen molar-refractivity contribution in [3.8, 4) is 0 Å². The molecule has 1 aromatic carbocycles. The molecule has 1 unspecified atom stereocenters. The van der Waals surface area contributed by atoms with Crippen LogP contribution < -0.4 is 10.2 Å². The lowest BCUT2D eigenvalue weighted by Gasteiger charge is -2.19. The number of β-amino-alcohol motifs (C(OH)–C–C–N with tert-alkyl or cyclic N) is 1. The van der Waals surface area contributed by atoms with E-state index in [1.165, 1.54) is 17.4 Å². The molecule has 1 aliphatic rings. The fourth-order valence-corrected chi connectivity index (χ4v) is 5.49. The van der Waals surface area contributed by atoms with Gasteiger partial charge in [-0.3, -0.25) is 9.48 Å². The number of amides is 1. The first-order chi connectivity index (χ1) is 15.4. The van der Waals surface area contributed by atoms with E-state index < -0.39 is 11.9 Å².